The maximum Gasteiger partial charge on any atom is 0.0759 e. The molecule has 2 aromatic carbocycles. The third-order valence-electron chi connectivity index (χ3n) is 5.14. The molecule has 0 fully saturated rings. The Hall–Kier alpha value is -2.32. The standard InChI is InChI=1S/C23H26N2/c1-18-14-19(2)16-20(15-18)17-25-13-7-12-24-11-6-10-22(24)23(25)21-8-4-3-5-9-21/h3-6,8-11,14-16,23H,7,12-13,17H2,1-2H3/t23-/m1/s1. The van der Waals surface area contributed by atoms with Gasteiger partial charge in [-0.1, -0.05) is 59.7 Å². The summed E-state index contributed by atoms with van der Waals surface area (Å²) in [6, 6.07) is 22.7. The molecule has 1 aromatic heterocycles. The predicted molar refractivity (Wildman–Crippen MR) is 104 cm³/mol. The van der Waals surface area contributed by atoms with Crippen LogP contribution in [0.5, 0.6) is 0 Å². The van der Waals surface area contributed by atoms with E-state index in [4.69, 9.17) is 0 Å². The average Bonchev–Trinajstić information content (AvgIpc) is 2.96. The van der Waals surface area contributed by atoms with Gasteiger partial charge in [0.15, 0.2) is 0 Å². The van der Waals surface area contributed by atoms with Crippen LogP contribution < -0.4 is 0 Å². The van der Waals surface area contributed by atoms with Crippen molar-refractivity contribution in [3.8, 4) is 0 Å². The van der Waals surface area contributed by atoms with Crippen LogP contribution in [0.2, 0.25) is 0 Å². The van der Waals surface area contributed by atoms with Crippen LogP contribution in [0.15, 0.2) is 66.9 Å². The molecule has 0 amide bonds. The summed E-state index contributed by atoms with van der Waals surface area (Å²) in [6.07, 6.45) is 3.42. The summed E-state index contributed by atoms with van der Waals surface area (Å²) in [5.41, 5.74) is 6.91. The van der Waals surface area contributed by atoms with Crippen molar-refractivity contribution in [2.24, 2.45) is 0 Å². The van der Waals surface area contributed by atoms with Crippen molar-refractivity contribution in [3.05, 3.63) is 94.8 Å². The molecule has 0 saturated carbocycles. The fourth-order valence-electron chi connectivity index (χ4n) is 4.22. The molecule has 2 heterocycles. The lowest BCUT2D eigenvalue weighted by Gasteiger charge is -2.31. The highest BCUT2D eigenvalue weighted by atomic mass is 15.2. The summed E-state index contributed by atoms with van der Waals surface area (Å²) in [7, 11) is 0. The highest BCUT2D eigenvalue weighted by Crippen LogP contribution is 2.33. The number of hydrogen-bond donors (Lipinski definition) is 0. The maximum absolute atomic E-state index is 2.64. The SMILES string of the molecule is Cc1cc(C)cc(CN2CCCn3cccc3[C@H]2c2ccccc2)c1. The van der Waals surface area contributed by atoms with Crippen molar-refractivity contribution in [1.82, 2.24) is 9.47 Å². The molecular weight excluding hydrogens is 304 g/mol. The van der Waals surface area contributed by atoms with Crippen molar-refractivity contribution >= 4 is 0 Å². The molecule has 3 aromatic rings. The third-order valence-corrected chi connectivity index (χ3v) is 5.14. The van der Waals surface area contributed by atoms with Crippen LogP contribution >= 0.6 is 0 Å². The summed E-state index contributed by atoms with van der Waals surface area (Å²) in [6.45, 7) is 7.61. The first-order chi connectivity index (χ1) is 12.2. The lowest BCUT2D eigenvalue weighted by Crippen LogP contribution is -2.29. The molecule has 0 radical (unpaired) electrons. The zero-order valence-corrected chi connectivity index (χ0v) is 15.2. The fraction of sp³-hybridized carbons (Fsp3) is 0.304. The van der Waals surface area contributed by atoms with E-state index in [1.807, 2.05) is 0 Å². The molecule has 0 spiro atoms. The minimum absolute atomic E-state index is 0.319. The lowest BCUT2D eigenvalue weighted by molar-refractivity contribution is 0.220. The van der Waals surface area contributed by atoms with E-state index in [-0.39, 0.29) is 0 Å². The summed E-state index contributed by atoms with van der Waals surface area (Å²) in [4.78, 5) is 2.64. The fourth-order valence-corrected chi connectivity index (χ4v) is 4.22. The van der Waals surface area contributed by atoms with Gasteiger partial charge in [-0.05, 0) is 43.5 Å². The van der Waals surface area contributed by atoms with Gasteiger partial charge in [0.2, 0.25) is 0 Å². The second-order valence-electron chi connectivity index (χ2n) is 7.26. The smallest absolute Gasteiger partial charge is 0.0759 e. The summed E-state index contributed by atoms with van der Waals surface area (Å²) >= 11 is 0. The highest BCUT2D eigenvalue weighted by Gasteiger charge is 2.27. The van der Waals surface area contributed by atoms with Crippen molar-refractivity contribution in [2.45, 2.75) is 39.4 Å². The minimum atomic E-state index is 0.319. The maximum atomic E-state index is 2.64. The van der Waals surface area contributed by atoms with Crippen LogP contribution in [0.4, 0.5) is 0 Å². The van der Waals surface area contributed by atoms with Crippen molar-refractivity contribution < 1.29 is 0 Å². The number of aromatic nitrogens is 1. The quantitative estimate of drug-likeness (QED) is 0.648. The molecule has 0 aliphatic carbocycles. The van der Waals surface area contributed by atoms with Gasteiger partial charge < -0.3 is 4.57 Å². The molecule has 2 heteroatoms. The van der Waals surface area contributed by atoms with Gasteiger partial charge in [-0.2, -0.15) is 0 Å². The monoisotopic (exact) mass is 330 g/mol. The average molecular weight is 330 g/mol. The molecular formula is C23H26N2. The van der Waals surface area contributed by atoms with E-state index in [1.165, 1.54) is 34.4 Å². The zero-order chi connectivity index (χ0) is 17.2. The Morgan fingerprint density at radius 2 is 1.64 bits per heavy atom. The second kappa shape index (κ2) is 6.89. The molecule has 1 atom stereocenters. The number of benzene rings is 2. The molecule has 0 saturated heterocycles. The molecule has 128 valence electrons. The van der Waals surface area contributed by atoms with Crippen molar-refractivity contribution in [2.75, 3.05) is 6.54 Å². The lowest BCUT2D eigenvalue weighted by atomic mass is 10.0. The minimum Gasteiger partial charge on any atom is -0.350 e. The first kappa shape index (κ1) is 16.2. The largest absolute Gasteiger partial charge is 0.350 e. The van der Waals surface area contributed by atoms with Crippen LogP contribution in [-0.2, 0) is 13.1 Å². The summed E-state index contributed by atoms with van der Waals surface area (Å²) < 4.78 is 2.43. The van der Waals surface area contributed by atoms with E-state index in [2.05, 4.69) is 90.2 Å². The van der Waals surface area contributed by atoms with E-state index in [0.29, 0.717) is 6.04 Å². The first-order valence-electron chi connectivity index (χ1n) is 9.22. The molecule has 1 aliphatic heterocycles. The van der Waals surface area contributed by atoms with Crippen LogP contribution in [0.3, 0.4) is 0 Å². The Morgan fingerprint density at radius 3 is 2.40 bits per heavy atom. The van der Waals surface area contributed by atoms with Gasteiger partial charge in [-0.3, -0.25) is 4.90 Å². The number of rotatable bonds is 3. The molecule has 25 heavy (non-hydrogen) atoms. The zero-order valence-electron chi connectivity index (χ0n) is 15.2. The van der Waals surface area contributed by atoms with Crippen LogP contribution in [0.1, 0.15) is 40.4 Å². The Kier molecular flexibility index (Phi) is 4.46. The van der Waals surface area contributed by atoms with E-state index < -0.39 is 0 Å². The van der Waals surface area contributed by atoms with Gasteiger partial charge in [0, 0.05) is 31.5 Å². The molecule has 4 rings (SSSR count). The van der Waals surface area contributed by atoms with Gasteiger partial charge in [0.25, 0.3) is 0 Å². The Morgan fingerprint density at radius 1 is 0.880 bits per heavy atom. The first-order valence-corrected chi connectivity index (χ1v) is 9.22. The van der Waals surface area contributed by atoms with Gasteiger partial charge in [-0.25, -0.2) is 0 Å². The third kappa shape index (κ3) is 3.40. The number of fused-ring (bicyclic) bond motifs is 1. The summed E-state index contributed by atoms with van der Waals surface area (Å²) in [5.74, 6) is 0. The van der Waals surface area contributed by atoms with Gasteiger partial charge >= 0.3 is 0 Å². The molecule has 0 N–H and O–H groups in total. The predicted octanol–water partition coefficient (Wildman–Crippen LogP) is 5.10. The van der Waals surface area contributed by atoms with E-state index in [1.54, 1.807) is 0 Å². The second-order valence-corrected chi connectivity index (χ2v) is 7.26. The Balaban J connectivity index is 1.74. The van der Waals surface area contributed by atoms with Crippen molar-refractivity contribution in [1.29, 1.82) is 0 Å². The Labute approximate surface area is 150 Å². The van der Waals surface area contributed by atoms with Crippen LogP contribution in [0, 0.1) is 13.8 Å². The van der Waals surface area contributed by atoms with E-state index in [9.17, 15) is 0 Å². The Bertz CT molecular complexity index is 827. The van der Waals surface area contributed by atoms with E-state index in [0.717, 1.165) is 19.6 Å². The number of nitrogens with zero attached hydrogens (tertiary/aromatic N) is 2. The van der Waals surface area contributed by atoms with Crippen molar-refractivity contribution in [3.63, 3.8) is 0 Å². The van der Waals surface area contributed by atoms with Gasteiger partial charge in [-0.15, -0.1) is 0 Å². The number of hydrogen-bond acceptors (Lipinski definition) is 1. The number of aryl methyl sites for hydroxylation is 3. The molecule has 0 unspecified atom stereocenters. The topological polar surface area (TPSA) is 8.17 Å². The molecule has 1 aliphatic rings. The molecule has 0 bridgehead atoms. The van der Waals surface area contributed by atoms with Gasteiger partial charge in [0.1, 0.15) is 0 Å². The molecule has 2 nitrogen and oxygen atoms in total. The highest BCUT2D eigenvalue weighted by molar-refractivity contribution is 5.32. The normalized spacial score (nSPS) is 17.9. The van der Waals surface area contributed by atoms with Crippen LogP contribution in [0.25, 0.3) is 0 Å². The van der Waals surface area contributed by atoms with Gasteiger partial charge in [0.05, 0.1) is 6.04 Å². The van der Waals surface area contributed by atoms with Crippen LogP contribution in [-0.4, -0.2) is 16.0 Å². The summed E-state index contributed by atoms with van der Waals surface area (Å²) in [5, 5.41) is 0. The van der Waals surface area contributed by atoms with E-state index >= 15 is 0 Å².